The lowest BCUT2D eigenvalue weighted by Crippen LogP contribution is -2.09. The number of carbonyl (C=O) groups excluding carboxylic acids is 1. The molecule has 0 bridgehead atoms. The van der Waals surface area contributed by atoms with Gasteiger partial charge in [0.2, 0.25) is 5.91 Å². The summed E-state index contributed by atoms with van der Waals surface area (Å²) in [4.78, 5) is 11.4. The molecule has 2 rings (SSSR count). The van der Waals surface area contributed by atoms with Crippen LogP contribution in [0.5, 0.6) is 0 Å². The summed E-state index contributed by atoms with van der Waals surface area (Å²) in [5.74, 6) is 0.0298. The number of carbonyl (C=O) groups is 1. The zero-order valence-electron chi connectivity index (χ0n) is 12.0. The number of hydrogen-bond donors (Lipinski definition) is 2. The number of hydrogen-bond acceptors (Lipinski definition) is 2. The quantitative estimate of drug-likeness (QED) is 0.845. The highest BCUT2D eigenvalue weighted by Crippen LogP contribution is 2.16. The Hall–Kier alpha value is -2.23. The van der Waals surface area contributed by atoms with Crippen molar-refractivity contribution in [2.75, 3.05) is 10.6 Å². The van der Waals surface area contributed by atoms with E-state index in [1.807, 2.05) is 31.2 Å². The van der Waals surface area contributed by atoms with Gasteiger partial charge in [-0.05, 0) is 36.8 Å². The van der Waals surface area contributed by atoms with Crippen molar-refractivity contribution in [3.8, 4) is 0 Å². The fraction of sp³-hybridized carbons (Fsp3) is 0.312. The minimum absolute atomic E-state index is 0.0298. The number of benzene rings is 1. The van der Waals surface area contributed by atoms with Crippen LogP contribution in [0.25, 0.3) is 0 Å². The number of aryl methyl sites for hydroxylation is 1. The molecule has 0 fully saturated rings. The third-order valence-corrected chi connectivity index (χ3v) is 3.14. The predicted octanol–water partition coefficient (Wildman–Crippen LogP) is 3.47. The lowest BCUT2D eigenvalue weighted by atomic mass is 10.2. The van der Waals surface area contributed by atoms with Gasteiger partial charge in [0.15, 0.2) is 0 Å². The van der Waals surface area contributed by atoms with Gasteiger partial charge in [-0.2, -0.15) is 0 Å². The Morgan fingerprint density at radius 2 is 2.00 bits per heavy atom. The first-order valence-corrected chi connectivity index (χ1v) is 6.99. The third kappa shape index (κ3) is 3.88. The summed E-state index contributed by atoms with van der Waals surface area (Å²) in [6.45, 7) is 5.73. The van der Waals surface area contributed by atoms with Crippen molar-refractivity contribution >= 4 is 17.3 Å². The first-order valence-electron chi connectivity index (χ1n) is 6.99. The van der Waals surface area contributed by atoms with Gasteiger partial charge in [-0.3, -0.25) is 4.79 Å². The summed E-state index contributed by atoms with van der Waals surface area (Å²) >= 11 is 0. The van der Waals surface area contributed by atoms with E-state index in [1.165, 1.54) is 5.56 Å². The van der Waals surface area contributed by atoms with Crippen LogP contribution < -0.4 is 10.6 Å². The molecular formula is C16H21N3O. The molecule has 20 heavy (non-hydrogen) atoms. The zero-order chi connectivity index (χ0) is 14.4. The van der Waals surface area contributed by atoms with Gasteiger partial charge in [-0.15, -0.1) is 0 Å². The summed E-state index contributed by atoms with van der Waals surface area (Å²) in [5.41, 5.74) is 3.07. The van der Waals surface area contributed by atoms with Crippen LogP contribution in [-0.2, 0) is 17.9 Å². The predicted molar refractivity (Wildman–Crippen MR) is 82.8 cm³/mol. The van der Waals surface area contributed by atoms with E-state index in [9.17, 15) is 4.79 Å². The summed E-state index contributed by atoms with van der Waals surface area (Å²) < 4.78 is 2.15. The lowest BCUT2D eigenvalue weighted by molar-refractivity contribution is -0.115. The van der Waals surface area contributed by atoms with Crippen molar-refractivity contribution < 1.29 is 4.79 Å². The van der Waals surface area contributed by atoms with E-state index in [2.05, 4.69) is 40.6 Å². The van der Waals surface area contributed by atoms with Crippen molar-refractivity contribution in [1.82, 2.24) is 4.57 Å². The Bertz CT molecular complexity index is 575. The van der Waals surface area contributed by atoms with E-state index < -0.39 is 0 Å². The van der Waals surface area contributed by atoms with Gasteiger partial charge in [-0.1, -0.05) is 13.0 Å². The van der Waals surface area contributed by atoms with Crippen LogP contribution in [0.4, 0.5) is 11.4 Å². The molecule has 0 aliphatic heterocycles. The van der Waals surface area contributed by atoms with Gasteiger partial charge in [0.1, 0.15) is 0 Å². The maximum atomic E-state index is 11.4. The van der Waals surface area contributed by atoms with Gasteiger partial charge in [0.25, 0.3) is 0 Å². The Kier molecular flexibility index (Phi) is 4.82. The number of aromatic nitrogens is 1. The van der Waals surface area contributed by atoms with Crippen LogP contribution in [0.3, 0.4) is 0 Å². The molecule has 106 valence electrons. The van der Waals surface area contributed by atoms with Crippen LogP contribution in [0.15, 0.2) is 42.7 Å². The monoisotopic (exact) mass is 271 g/mol. The van der Waals surface area contributed by atoms with Crippen LogP contribution in [0.1, 0.15) is 25.8 Å². The molecule has 0 aliphatic rings. The Morgan fingerprint density at radius 1 is 1.20 bits per heavy atom. The standard InChI is InChI=1S/C16H21N3O/c1-3-16(20)18-15-7-5-6-14(10-15)17-11-13-8-9-19(4-2)12-13/h5-10,12,17H,3-4,11H2,1-2H3,(H,18,20). The summed E-state index contributed by atoms with van der Waals surface area (Å²) in [5, 5.41) is 6.23. The molecule has 2 aromatic rings. The second kappa shape index (κ2) is 6.80. The summed E-state index contributed by atoms with van der Waals surface area (Å²) in [7, 11) is 0. The van der Waals surface area contributed by atoms with E-state index >= 15 is 0 Å². The number of rotatable bonds is 6. The van der Waals surface area contributed by atoms with Crippen LogP contribution in [0, 0.1) is 0 Å². The number of nitrogens with zero attached hydrogens (tertiary/aromatic N) is 1. The van der Waals surface area contributed by atoms with E-state index in [4.69, 9.17) is 0 Å². The molecule has 0 radical (unpaired) electrons. The Labute approximate surface area is 119 Å². The van der Waals surface area contributed by atoms with E-state index in [1.54, 1.807) is 0 Å². The smallest absolute Gasteiger partial charge is 0.224 e. The summed E-state index contributed by atoms with van der Waals surface area (Å²) in [6.07, 6.45) is 4.70. The van der Waals surface area contributed by atoms with Crippen LogP contribution in [-0.4, -0.2) is 10.5 Å². The molecule has 0 saturated heterocycles. The van der Waals surface area contributed by atoms with E-state index in [0.29, 0.717) is 6.42 Å². The maximum Gasteiger partial charge on any atom is 0.224 e. The maximum absolute atomic E-state index is 11.4. The Morgan fingerprint density at radius 3 is 2.70 bits per heavy atom. The highest BCUT2D eigenvalue weighted by atomic mass is 16.1. The molecule has 0 atom stereocenters. The molecule has 2 N–H and O–H groups in total. The minimum Gasteiger partial charge on any atom is -0.381 e. The highest BCUT2D eigenvalue weighted by Gasteiger charge is 2.01. The summed E-state index contributed by atoms with van der Waals surface area (Å²) in [6, 6.07) is 9.89. The van der Waals surface area contributed by atoms with Crippen LogP contribution in [0.2, 0.25) is 0 Å². The highest BCUT2D eigenvalue weighted by molar-refractivity contribution is 5.90. The molecule has 0 saturated carbocycles. The van der Waals surface area contributed by atoms with Gasteiger partial charge < -0.3 is 15.2 Å². The molecule has 4 nitrogen and oxygen atoms in total. The molecule has 0 aliphatic carbocycles. The number of amides is 1. The fourth-order valence-electron chi connectivity index (χ4n) is 1.95. The molecule has 0 unspecified atom stereocenters. The first-order chi connectivity index (χ1) is 9.71. The van der Waals surface area contributed by atoms with E-state index in [-0.39, 0.29) is 5.91 Å². The molecule has 4 heteroatoms. The lowest BCUT2D eigenvalue weighted by Gasteiger charge is -2.08. The molecule has 1 aromatic carbocycles. The van der Waals surface area contributed by atoms with Crippen molar-refractivity contribution in [2.24, 2.45) is 0 Å². The van der Waals surface area contributed by atoms with Gasteiger partial charge in [-0.25, -0.2) is 0 Å². The van der Waals surface area contributed by atoms with Crippen molar-refractivity contribution in [3.05, 3.63) is 48.3 Å². The average Bonchev–Trinajstić information content (AvgIpc) is 2.93. The minimum atomic E-state index is 0.0298. The molecular weight excluding hydrogens is 250 g/mol. The van der Waals surface area contributed by atoms with Gasteiger partial charge in [0.05, 0.1) is 0 Å². The van der Waals surface area contributed by atoms with Gasteiger partial charge >= 0.3 is 0 Å². The van der Waals surface area contributed by atoms with Gasteiger partial charge in [0, 0.05) is 43.3 Å². The molecule has 1 amide bonds. The molecule has 1 heterocycles. The SMILES string of the molecule is CCC(=O)Nc1cccc(NCc2ccn(CC)c2)c1. The van der Waals surface area contributed by atoms with Crippen molar-refractivity contribution in [2.45, 2.75) is 33.4 Å². The largest absolute Gasteiger partial charge is 0.381 e. The topological polar surface area (TPSA) is 46.1 Å². The van der Waals surface area contributed by atoms with Crippen molar-refractivity contribution in [3.63, 3.8) is 0 Å². The molecule has 0 spiro atoms. The molecule has 1 aromatic heterocycles. The van der Waals surface area contributed by atoms with Crippen molar-refractivity contribution in [1.29, 1.82) is 0 Å². The average molecular weight is 271 g/mol. The van der Waals surface area contributed by atoms with E-state index in [0.717, 1.165) is 24.5 Å². The third-order valence-electron chi connectivity index (χ3n) is 3.14. The van der Waals surface area contributed by atoms with Crippen LogP contribution >= 0.6 is 0 Å². The normalized spacial score (nSPS) is 10.3. The Balaban J connectivity index is 1.95. The number of anilines is 2. The number of nitrogens with one attached hydrogen (secondary N) is 2. The zero-order valence-corrected chi connectivity index (χ0v) is 12.0. The fourth-order valence-corrected chi connectivity index (χ4v) is 1.95. The second-order valence-electron chi connectivity index (χ2n) is 4.69. The second-order valence-corrected chi connectivity index (χ2v) is 4.69. The first kappa shape index (κ1) is 14.2.